The first kappa shape index (κ1) is 12.2. The van der Waals surface area contributed by atoms with Crippen molar-refractivity contribution in [2.24, 2.45) is 0 Å². The van der Waals surface area contributed by atoms with Crippen molar-refractivity contribution in [3.8, 4) is 0 Å². The molecule has 0 fully saturated rings. The Kier molecular flexibility index (Phi) is 3.23. The van der Waals surface area contributed by atoms with Crippen molar-refractivity contribution < 1.29 is 8.42 Å². The second-order valence-corrected chi connectivity index (χ2v) is 6.03. The van der Waals surface area contributed by atoms with Gasteiger partial charge in [0, 0.05) is 11.6 Å². The molecule has 0 amide bonds. The molecule has 0 aliphatic rings. The number of hydrogen-bond donors (Lipinski definition) is 2. The predicted molar refractivity (Wildman–Crippen MR) is 68.8 cm³/mol. The number of pyridine rings is 1. The van der Waals surface area contributed by atoms with E-state index in [-0.39, 0.29) is 15.7 Å². The zero-order valence-electron chi connectivity index (χ0n) is 8.42. The third-order valence-electron chi connectivity index (χ3n) is 1.93. The van der Waals surface area contributed by atoms with Crippen molar-refractivity contribution in [1.82, 2.24) is 4.98 Å². The fourth-order valence-corrected chi connectivity index (χ4v) is 3.03. The first-order valence-electron chi connectivity index (χ1n) is 4.45. The lowest BCUT2D eigenvalue weighted by Crippen LogP contribution is -2.13. The minimum atomic E-state index is -3.67. The van der Waals surface area contributed by atoms with Gasteiger partial charge in [-0.3, -0.25) is 4.72 Å². The number of hydrogen-bond acceptors (Lipinski definition) is 5. The summed E-state index contributed by atoms with van der Waals surface area (Å²) in [6.45, 7) is 0. The molecule has 2 aromatic heterocycles. The molecule has 2 heterocycles. The van der Waals surface area contributed by atoms with Crippen molar-refractivity contribution in [3.05, 3.63) is 34.1 Å². The highest BCUT2D eigenvalue weighted by atomic mass is 35.5. The van der Waals surface area contributed by atoms with E-state index in [1.807, 2.05) is 0 Å². The van der Waals surface area contributed by atoms with E-state index in [9.17, 15) is 8.42 Å². The Balaban J connectivity index is 2.35. The normalized spacial score (nSPS) is 11.4. The lowest BCUT2D eigenvalue weighted by atomic mass is 10.5. The Hall–Kier alpha value is -1.31. The SMILES string of the molecule is Nc1ncc(S(=O)(=O)Nc2ccsc2)cc1Cl. The topological polar surface area (TPSA) is 85.1 Å². The largest absolute Gasteiger partial charge is 0.382 e. The van der Waals surface area contributed by atoms with E-state index in [1.165, 1.54) is 17.4 Å². The minimum Gasteiger partial charge on any atom is -0.382 e. The summed E-state index contributed by atoms with van der Waals surface area (Å²) in [5, 5.41) is 3.56. The molecular weight excluding hydrogens is 282 g/mol. The number of nitrogens with one attached hydrogen (secondary N) is 1. The molecule has 0 saturated heterocycles. The molecule has 2 rings (SSSR count). The van der Waals surface area contributed by atoms with Gasteiger partial charge in [0.15, 0.2) is 0 Å². The maximum Gasteiger partial charge on any atom is 0.263 e. The molecule has 90 valence electrons. The van der Waals surface area contributed by atoms with E-state index in [1.54, 1.807) is 16.8 Å². The summed E-state index contributed by atoms with van der Waals surface area (Å²) in [6.07, 6.45) is 1.16. The summed E-state index contributed by atoms with van der Waals surface area (Å²) in [4.78, 5) is 3.68. The van der Waals surface area contributed by atoms with Crippen LogP contribution in [0.2, 0.25) is 5.02 Å². The van der Waals surface area contributed by atoms with Crippen LogP contribution in [0.25, 0.3) is 0 Å². The molecule has 0 bridgehead atoms. The Labute approximate surface area is 107 Å². The molecule has 8 heteroatoms. The van der Waals surface area contributed by atoms with Gasteiger partial charge in [0.25, 0.3) is 10.0 Å². The fraction of sp³-hybridized carbons (Fsp3) is 0. The second kappa shape index (κ2) is 4.52. The smallest absolute Gasteiger partial charge is 0.263 e. The molecule has 0 aromatic carbocycles. The summed E-state index contributed by atoms with van der Waals surface area (Å²) < 4.78 is 26.2. The Morgan fingerprint density at radius 1 is 1.47 bits per heavy atom. The fourth-order valence-electron chi connectivity index (χ4n) is 1.11. The van der Waals surface area contributed by atoms with Crippen LogP contribution in [0.1, 0.15) is 0 Å². The van der Waals surface area contributed by atoms with Crippen molar-refractivity contribution in [2.75, 3.05) is 10.5 Å². The second-order valence-electron chi connectivity index (χ2n) is 3.16. The molecule has 0 spiro atoms. The molecular formula is C9H8ClN3O2S2. The van der Waals surface area contributed by atoms with Crippen LogP contribution in [0.5, 0.6) is 0 Å². The molecule has 0 unspecified atom stereocenters. The van der Waals surface area contributed by atoms with Gasteiger partial charge < -0.3 is 5.73 Å². The van der Waals surface area contributed by atoms with Gasteiger partial charge in [-0.15, -0.1) is 0 Å². The molecule has 0 aliphatic heterocycles. The van der Waals surface area contributed by atoms with E-state index in [0.717, 1.165) is 6.20 Å². The van der Waals surface area contributed by atoms with Gasteiger partial charge in [-0.2, -0.15) is 11.3 Å². The van der Waals surface area contributed by atoms with Crippen molar-refractivity contribution in [1.29, 1.82) is 0 Å². The van der Waals surface area contributed by atoms with Crippen LogP contribution < -0.4 is 10.5 Å². The number of sulfonamides is 1. The molecule has 0 radical (unpaired) electrons. The van der Waals surface area contributed by atoms with Crippen LogP contribution in [0.15, 0.2) is 34.0 Å². The van der Waals surface area contributed by atoms with Crippen LogP contribution in [-0.4, -0.2) is 13.4 Å². The van der Waals surface area contributed by atoms with E-state index in [2.05, 4.69) is 9.71 Å². The number of nitrogens with zero attached hydrogens (tertiary/aromatic N) is 1. The monoisotopic (exact) mass is 289 g/mol. The summed E-state index contributed by atoms with van der Waals surface area (Å²) in [5.74, 6) is 0.0983. The number of anilines is 2. The molecule has 2 aromatic rings. The predicted octanol–water partition coefficient (Wildman–Crippen LogP) is 2.18. The first-order valence-corrected chi connectivity index (χ1v) is 7.25. The number of nitrogens with two attached hydrogens (primary N) is 1. The molecule has 0 atom stereocenters. The molecule has 17 heavy (non-hydrogen) atoms. The highest BCUT2D eigenvalue weighted by Crippen LogP contribution is 2.22. The summed E-state index contributed by atoms with van der Waals surface area (Å²) in [6, 6.07) is 2.92. The van der Waals surface area contributed by atoms with Gasteiger partial charge >= 0.3 is 0 Å². The zero-order valence-corrected chi connectivity index (χ0v) is 10.8. The van der Waals surface area contributed by atoms with Crippen molar-refractivity contribution in [2.45, 2.75) is 4.90 Å². The maximum absolute atomic E-state index is 11.9. The standard InChI is InChI=1S/C9H8ClN3O2S2/c10-8-3-7(4-12-9(8)11)17(14,15)13-6-1-2-16-5-6/h1-5,13H,(H2,11,12). The van der Waals surface area contributed by atoms with Gasteiger partial charge in [0.1, 0.15) is 10.7 Å². The molecule has 0 saturated carbocycles. The average Bonchev–Trinajstić information content (AvgIpc) is 2.73. The van der Waals surface area contributed by atoms with Crippen LogP contribution in [0.3, 0.4) is 0 Å². The van der Waals surface area contributed by atoms with Gasteiger partial charge in [-0.1, -0.05) is 11.6 Å². The van der Waals surface area contributed by atoms with Crippen molar-refractivity contribution >= 4 is 44.5 Å². The van der Waals surface area contributed by atoms with Crippen LogP contribution in [0, 0.1) is 0 Å². The number of rotatable bonds is 3. The molecule has 0 aliphatic carbocycles. The summed E-state index contributed by atoms with van der Waals surface area (Å²) in [7, 11) is -3.67. The quantitative estimate of drug-likeness (QED) is 0.907. The molecule has 3 N–H and O–H groups in total. The highest BCUT2D eigenvalue weighted by molar-refractivity contribution is 7.92. The number of thiophene rings is 1. The van der Waals surface area contributed by atoms with Gasteiger partial charge in [-0.05, 0) is 17.5 Å². The Morgan fingerprint density at radius 2 is 2.24 bits per heavy atom. The van der Waals surface area contributed by atoms with E-state index < -0.39 is 10.0 Å². The Bertz CT molecular complexity index is 626. The zero-order chi connectivity index (χ0) is 12.5. The van der Waals surface area contributed by atoms with Crippen LogP contribution >= 0.6 is 22.9 Å². The van der Waals surface area contributed by atoms with Gasteiger partial charge in [0.05, 0.1) is 10.7 Å². The highest BCUT2D eigenvalue weighted by Gasteiger charge is 2.16. The molecule has 5 nitrogen and oxygen atoms in total. The van der Waals surface area contributed by atoms with E-state index >= 15 is 0 Å². The van der Waals surface area contributed by atoms with Gasteiger partial charge in [-0.25, -0.2) is 13.4 Å². The minimum absolute atomic E-state index is 0.0251. The maximum atomic E-state index is 11.9. The summed E-state index contributed by atoms with van der Waals surface area (Å²) >= 11 is 7.12. The van der Waals surface area contributed by atoms with E-state index in [0.29, 0.717) is 5.69 Å². The van der Waals surface area contributed by atoms with Crippen molar-refractivity contribution in [3.63, 3.8) is 0 Å². The number of aromatic nitrogens is 1. The number of halogens is 1. The first-order chi connectivity index (χ1) is 7.99. The lowest BCUT2D eigenvalue weighted by molar-refractivity contribution is 0.601. The van der Waals surface area contributed by atoms with Crippen LogP contribution in [-0.2, 0) is 10.0 Å². The average molecular weight is 290 g/mol. The Morgan fingerprint density at radius 3 is 2.82 bits per heavy atom. The number of nitrogen functional groups attached to an aromatic ring is 1. The third kappa shape index (κ3) is 2.68. The third-order valence-corrected chi connectivity index (χ3v) is 4.26. The summed E-state index contributed by atoms with van der Waals surface area (Å²) in [5.41, 5.74) is 5.91. The van der Waals surface area contributed by atoms with Gasteiger partial charge in [0.2, 0.25) is 0 Å². The lowest BCUT2D eigenvalue weighted by Gasteiger charge is -2.06. The van der Waals surface area contributed by atoms with Crippen LogP contribution in [0.4, 0.5) is 11.5 Å². The van der Waals surface area contributed by atoms with E-state index in [4.69, 9.17) is 17.3 Å².